The smallest absolute Gasteiger partial charge is 0.223 e. The Hall–Kier alpha value is -2.40. The third kappa shape index (κ3) is 4.20. The predicted octanol–water partition coefficient (Wildman–Crippen LogP) is 3.13. The van der Waals surface area contributed by atoms with Crippen molar-refractivity contribution in [1.29, 1.82) is 0 Å². The van der Waals surface area contributed by atoms with E-state index in [1.165, 1.54) is 30.4 Å². The van der Waals surface area contributed by atoms with E-state index >= 15 is 0 Å². The molecule has 1 amide bonds. The third-order valence-corrected chi connectivity index (χ3v) is 6.15. The van der Waals surface area contributed by atoms with E-state index in [1.54, 1.807) is 0 Å². The average Bonchev–Trinajstić information content (AvgIpc) is 2.77. The SMILES string of the molecule is CN(CCC(=O)N1CCN(c2ccccn2)CC1)[C@@H]1CCCc2ccccc21. The lowest BCUT2D eigenvalue weighted by atomic mass is 9.87. The Labute approximate surface area is 168 Å². The minimum Gasteiger partial charge on any atom is -0.353 e. The van der Waals surface area contributed by atoms with Gasteiger partial charge in [0, 0.05) is 51.4 Å². The number of piperazine rings is 1. The summed E-state index contributed by atoms with van der Waals surface area (Å²) in [5.74, 6) is 1.28. The number of amides is 1. The molecule has 1 fully saturated rings. The van der Waals surface area contributed by atoms with E-state index in [4.69, 9.17) is 0 Å². The molecule has 5 heteroatoms. The Balaban J connectivity index is 1.27. The lowest BCUT2D eigenvalue weighted by Crippen LogP contribution is -2.49. The maximum atomic E-state index is 12.7. The highest BCUT2D eigenvalue weighted by atomic mass is 16.2. The van der Waals surface area contributed by atoms with Crippen molar-refractivity contribution >= 4 is 11.7 Å². The Morgan fingerprint density at radius 2 is 1.89 bits per heavy atom. The van der Waals surface area contributed by atoms with E-state index in [2.05, 4.69) is 46.1 Å². The molecule has 2 aliphatic rings. The van der Waals surface area contributed by atoms with Gasteiger partial charge in [-0.15, -0.1) is 0 Å². The monoisotopic (exact) mass is 378 g/mol. The van der Waals surface area contributed by atoms with E-state index in [1.807, 2.05) is 29.3 Å². The number of rotatable bonds is 5. The van der Waals surface area contributed by atoms with Gasteiger partial charge in [-0.2, -0.15) is 0 Å². The molecule has 0 bridgehead atoms. The van der Waals surface area contributed by atoms with Crippen LogP contribution in [0, 0.1) is 0 Å². The van der Waals surface area contributed by atoms with Crippen LogP contribution in [0.25, 0.3) is 0 Å². The number of carbonyl (C=O) groups excluding carboxylic acids is 1. The second-order valence-corrected chi connectivity index (χ2v) is 7.89. The highest BCUT2D eigenvalue weighted by Crippen LogP contribution is 2.33. The van der Waals surface area contributed by atoms with Gasteiger partial charge in [-0.1, -0.05) is 30.3 Å². The van der Waals surface area contributed by atoms with Gasteiger partial charge in [0.1, 0.15) is 5.82 Å². The van der Waals surface area contributed by atoms with Crippen molar-refractivity contribution in [3.8, 4) is 0 Å². The molecule has 1 saturated heterocycles. The first-order valence-corrected chi connectivity index (χ1v) is 10.4. The van der Waals surface area contributed by atoms with Gasteiger partial charge in [-0.3, -0.25) is 9.69 Å². The Kier molecular flexibility index (Phi) is 5.91. The molecule has 2 aromatic rings. The van der Waals surface area contributed by atoms with E-state index in [-0.39, 0.29) is 5.91 Å². The number of benzene rings is 1. The molecule has 28 heavy (non-hydrogen) atoms. The quantitative estimate of drug-likeness (QED) is 0.801. The van der Waals surface area contributed by atoms with Crippen LogP contribution in [0.3, 0.4) is 0 Å². The van der Waals surface area contributed by atoms with Gasteiger partial charge < -0.3 is 9.80 Å². The Morgan fingerprint density at radius 3 is 2.68 bits per heavy atom. The summed E-state index contributed by atoms with van der Waals surface area (Å²) in [6.07, 6.45) is 6.02. The first kappa shape index (κ1) is 18.9. The van der Waals surface area contributed by atoms with Crippen LogP contribution >= 0.6 is 0 Å². The van der Waals surface area contributed by atoms with Gasteiger partial charge in [-0.25, -0.2) is 4.98 Å². The highest BCUT2D eigenvalue weighted by Gasteiger charge is 2.25. The van der Waals surface area contributed by atoms with Gasteiger partial charge in [-0.05, 0) is 49.6 Å². The van der Waals surface area contributed by atoms with Crippen molar-refractivity contribution in [2.45, 2.75) is 31.7 Å². The minimum absolute atomic E-state index is 0.275. The summed E-state index contributed by atoms with van der Waals surface area (Å²) in [6, 6.07) is 15.2. The van der Waals surface area contributed by atoms with Crippen molar-refractivity contribution < 1.29 is 4.79 Å². The molecular formula is C23H30N4O. The fourth-order valence-corrected chi connectivity index (χ4v) is 4.50. The van der Waals surface area contributed by atoms with Crippen LogP contribution in [0.1, 0.15) is 36.4 Å². The molecule has 1 aromatic carbocycles. The molecule has 1 aromatic heterocycles. The predicted molar refractivity (Wildman–Crippen MR) is 112 cm³/mol. The summed E-state index contributed by atoms with van der Waals surface area (Å²) < 4.78 is 0. The molecular weight excluding hydrogens is 348 g/mol. The summed E-state index contributed by atoms with van der Waals surface area (Å²) in [5.41, 5.74) is 2.93. The molecule has 1 aliphatic heterocycles. The maximum absolute atomic E-state index is 12.7. The Bertz CT molecular complexity index is 786. The van der Waals surface area contributed by atoms with Crippen LogP contribution in [-0.4, -0.2) is 60.5 Å². The van der Waals surface area contributed by atoms with Crippen molar-refractivity contribution in [3.05, 3.63) is 59.8 Å². The average molecular weight is 379 g/mol. The number of anilines is 1. The van der Waals surface area contributed by atoms with E-state index in [0.717, 1.165) is 38.5 Å². The standard InChI is InChI=1S/C23H30N4O/c1-25(21-10-6-8-19-7-2-3-9-20(19)21)14-12-23(28)27-17-15-26(16-18-27)22-11-4-5-13-24-22/h2-5,7,9,11,13,21H,6,8,10,12,14-18H2,1H3/t21-/m1/s1. The topological polar surface area (TPSA) is 39.7 Å². The number of aryl methyl sites for hydroxylation is 1. The number of hydrogen-bond acceptors (Lipinski definition) is 4. The molecule has 0 saturated carbocycles. The lowest BCUT2D eigenvalue weighted by Gasteiger charge is -2.36. The van der Waals surface area contributed by atoms with Gasteiger partial charge in [0.2, 0.25) is 5.91 Å². The van der Waals surface area contributed by atoms with Crippen molar-refractivity contribution in [2.75, 3.05) is 44.7 Å². The zero-order chi connectivity index (χ0) is 19.3. The molecule has 0 unspecified atom stereocenters. The molecule has 0 N–H and O–H groups in total. The number of nitrogens with zero attached hydrogens (tertiary/aromatic N) is 4. The summed E-state index contributed by atoms with van der Waals surface area (Å²) in [5, 5.41) is 0. The van der Waals surface area contributed by atoms with Crippen LogP contribution in [0.4, 0.5) is 5.82 Å². The fraction of sp³-hybridized carbons (Fsp3) is 0.478. The van der Waals surface area contributed by atoms with Gasteiger partial charge in [0.25, 0.3) is 0 Å². The summed E-state index contributed by atoms with van der Waals surface area (Å²) >= 11 is 0. The summed E-state index contributed by atoms with van der Waals surface area (Å²) in [4.78, 5) is 23.8. The molecule has 1 aliphatic carbocycles. The lowest BCUT2D eigenvalue weighted by molar-refractivity contribution is -0.131. The highest BCUT2D eigenvalue weighted by molar-refractivity contribution is 5.76. The van der Waals surface area contributed by atoms with Gasteiger partial charge in [0.05, 0.1) is 0 Å². The first-order valence-electron chi connectivity index (χ1n) is 10.4. The number of aromatic nitrogens is 1. The van der Waals surface area contributed by atoms with Crippen LogP contribution in [-0.2, 0) is 11.2 Å². The summed E-state index contributed by atoms with van der Waals surface area (Å²) in [6.45, 7) is 4.10. The van der Waals surface area contributed by atoms with Crippen molar-refractivity contribution in [1.82, 2.24) is 14.8 Å². The molecule has 2 heterocycles. The fourth-order valence-electron chi connectivity index (χ4n) is 4.50. The normalized spacial score (nSPS) is 19.6. The third-order valence-electron chi connectivity index (χ3n) is 6.15. The first-order chi connectivity index (χ1) is 13.7. The second kappa shape index (κ2) is 8.74. The molecule has 148 valence electrons. The Morgan fingerprint density at radius 1 is 1.11 bits per heavy atom. The number of fused-ring (bicyclic) bond motifs is 1. The minimum atomic E-state index is 0.275. The zero-order valence-electron chi connectivity index (χ0n) is 16.8. The van der Waals surface area contributed by atoms with Crippen molar-refractivity contribution in [2.24, 2.45) is 0 Å². The van der Waals surface area contributed by atoms with Gasteiger partial charge in [0.15, 0.2) is 0 Å². The van der Waals surface area contributed by atoms with Crippen LogP contribution in [0.2, 0.25) is 0 Å². The van der Waals surface area contributed by atoms with Gasteiger partial charge >= 0.3 is 0 Å². The largest absolute Gasteiger partial charge is 0.353 e. The van der Waals surface area contributed by atoms with E-state index in [0.29, 0.717) is 12.5 Å². The van der Waals surface area contributed by atoms with Crippen LogP contribution in [0.15, 0.2) is 48.7 Å². The molecule has 4 rings (SSSR count). The van der Waals surface area contributed by atoms with Crippen LogP contribution in [0.5, 0.6) is 0 Å². The maximum Gasteiger partial charge on any atom is 0.223 e. The molecule has 0 spiro atoms. The van der Waals surface area contributed by atoms with E-state index in [9.17, 15) is 4.79 Å². The second-order valence-electron chi connectivity index (χ2n) is 7.89. The summed E-state index contributed by atoms with van der Waals surface area (Å²) in [7, 11) is 2.17. The zero-order valence-corrected chi connectivity index (χ0v) is 16.8. The molecule has 1 atom stereocenters. The number of hydrogen-bond donors (Lipinski definition) is 0. The molecule has 5 nitrogen and oxygen atoms in total. The number of carbonyl (C=O) groups is 1. The molecule has 0 radical (unpaired) electrons. The number of pyridine rings is 1. The van der Waals surface area contributed by atoms with Crippen molar-refractivity contribution in [3.63, 3.8) is 0 Å². The van der Waals surface area contributed by atoms with E-state index < -0.39 is 0 Å². The van der Waals surface area contributed by atoms with Crippen LogP contribution < -0.4 is 4.90 Å².